The van der Waals surface area contributed by atoms with Crippen LogP contribution in [0.2, 0.25) is 0 Å². The Morgan fingerprint density at radius 3 is 1.82 bits per heavy atom. The molecule has 1 amide bonds. The molecule has 3 aromatic rings. The first-order chi connectivity index (χ1) is 13.3. The Balaban J connectivity index is 2.08. The number of carbonyl (C=O) groups excluding carboxylic acids is 1. The lowest BCUT2D eigenvalue weighted by atomic mass is 9.98. The number of hydrogen-bond donors (Lipinski definition) is 1. The molecule has 2 nitrogen and oxygen atoms in total. The van der Waals surface area contributed by atoms with Crippen LogP contribution >= 0.6 is 15.9 Å². The molecule has 0 saturated carbocycles. The maximum absolute atomic E-state index is 14.0. The van der Waals surface area contributed by atoms with Crippen LogP contribution in [0.1, 0.15) is 27.5 Å². The van der Waals surface area contributed by atoms with Gasteiger partial charge in [0.2, 0.25) is 5.82 Å². The topological polar surface area (TPSA) is 29.1 Å². The number of rotatable bonds is 4. The van der Waals surface area contributed by atoms with E-state index in [1.165, 1.54) is 0 Å². The summed E-state index contributed by atoms with van der Waals surface area (Å²) in [4.78, 5) is 12.5. The van der Waals surface area contributed by atoms with Crippen LogP contribution in [0.4, 0.5) is 22.0 Å². The zero-order valence-corrected chi connectivity index (χ0v) is 15.5. The third-order valence-electron chi connectivity index (χ3n) is 4.06. The van der Waals surface area contributed by atoms with Gasteiger partial charge in [0, 0.05) is 4.47 Å². The van der Waals surface area contributed by atoms with Gasteiger partial charge in [0.1, 0.15) is 5.56 Å². The average molecular weight is 456 g/mol. The van der Waals surface area contributed by atoms with Crippen molar-refractivity contribution in [3.05, 3.63) is 105 Å². The second-order valence-corrected chi connectivity index (χ2v) is 6.64. The molecule has 0 aromatic heterocycles. The molecule has 0 spiro atoms. The van der Waals surface area contributed by atoms with Gasteiger partial charge in [-0.3, -0.25) is 4.79 Å². The maximum atomic E-state index is 14.0. The fourth-order valence-electron chi connectivity index (χ4n) is 2.70. The standard InChI is InChI=1S/C20H11BrF5NO/c21-12-9-5-4-8-11(12)19(10-6-2-1-3-7-10)27-20(28)13-14(22)16(24)18(26)17(25)15(13)23/h1-9,19H,(H,27,28). The highest BCUT2D eigenvalue weighted by atomic mass is 79.9. The lowest BCUT2D eigenvalue weighted by molar-refractivity contribution is 0.0931. The van der Waals surface area contributed by atoms with Gasteiger partial charge < -0.3 is 5.32 Å². The molecule has 0 aliphatic carbocycles. The van der Waals surface area contributed by atoms with Gasteiger partial charge in [0.15, 0.2) is 23.3 Å². The van der Waals surface area contributed by atoms with Crippen molar-refractivity contribution in [2.24, 2.45) is 0 Å². The molecule has 0 bridgehead atoms. The fourth-order valence-corrected chi connectivity index (χ4v) is 3.22. The Hall–Kier alpha value is -2.74. The third-order valence-corrected chi connectivity index (χ3v) is 4.78. The van der Waals surface area contributed by atoms with Crippen molar-refractivity contribution in [3.8, 4) is 0 Å². The monoisotopic (exact) mass is 455 g/mol. The van der Waals surface area contributed by atoms with Crippen LogP contribution in [0.25, 0.3) is 0 Å². The zero-order valence-electron chi connectivity index (χ0n) is 13.9. The number of benzene rings is 3. The van der Waals surface area contributed by atoms with Crippen LogP contribution in [-0.2, 0) is 0 Å². The summed E-state index contributed by atoms with van der Waals surface area (Å²) in [7, 11) is 0. The minimum atomic E-state index is -2.32. The first-order valence-electron chi connectivity index (χ1n) is 7.94. The molecule has 144 valence electrons. The maximum Gasteiger partial charge on any atom is 0.258 e. The molecule has 0 radical (unpaired) electrons. The Kier molecular flexibility index (Phi) is 5.79. The molecule has 3 aromatic carbocycles. The van der Waals surface area contributed by atoms with Crippen molar-refractivity contribution in [1.82, 2.24) is 5.32 Å². The summed E-state index contributed by atoms with van der Waals surface area (Å²) >= 11 is 3.33. The Labute approximate surface area is 165 Å². The van der Waals surface area contributed by atoms with Crippen molar-refractivity contribution in [2.75, 3.05) is 0 Å². The minimum Gasteiger partial charge on any atom is -0.341 e. The predicted molar refractivity (Wildman–Crippen MR) is 96.1 cm³/mol. The van der Waals surface area contributed by atoms with Gasteiger partial charge in [-0.25, -0.2) is 22.0 Å². The molecule has 0 aliphatic heterocycles. The van der Waals surface area contributed by atoms with E-state index in [-0.39, 0.29) is 0 Å². The summed E-state index contributed by atoms with van der Waals surface area (Å²) in [5.41, 5.74) is -0.457. The van der Waals surface area contributed by atoms with Gasteiger partial charge in [0.25, 0.3) is 5.91 Å². The van der Waals surface area contributed by atoms with Gasteiger partial charge in [-0.05, 0) is 17.2 Å². The van der Waals surface area contributed by atoms with E-state index in [1.807, 2.05) is 0 Å². The van der Waals surface area contributed by atoms with E-state index in [0.29, 0.717) is 15.6 Å². The van der Waals surface area contributed by atoms with Crippen LogP contribution in [0.3, 0.4) is 0 Å². The van der Waals surface area contributed by atoms with Crippen molar-refractivity contribution in [1.29, 1.82) is 0 Å². The molecular formula is C20H11BrF5NO. The molecule has 0 aliphatic rings. The molecule has 1 unspecified atom stereocenters. The number of halogens is 6. The van der Waals surface area contributed by atoms with Gasteiger partial charge in [-0.2, -0.15) is 0 Å². The molecule has 28 heavy (non-hydrogen) atoms. The SMILES string of the molecule is O=C(NC(c1ccccc1)c1ccccc1Br)c1c(F)c(F)c(F)c(F)c1F. The number of amides is 1. The van der Waals surface area contributed by atoms with Crippen molar-refractivity contribution in [3.63, 3.8) is 0 Å². The molecule has 0 heterocycles. The molecule has 8 heteroatoms. The summed E-state index contributed by atoms with van der Waals surface area (Å²) in [6, 6.07) is 14.3. The van der Waals surface area contributed by atoms with E-state index in [0.717, 1.165) is 0 Å². The van der Waals surface area contributed by atoms with Gasteiger partial charge in [-0.15, -0.1) is 0 Å². The van der Waals surface area contributed by atoms with E-state index in [4.69, 9.17) is 0 Å². The van der Waals surface area contributed by atoms with Gasteiger partial charge >= 0.3 is 0 Å². The van der Waals surface area contributed by atoms with Gasteiger partial charge in [0.05, 0.1) is 6.04 Å². The number of nitrogens with one attached hydrogen (secondary N) is 1. The van der Waals surface area contributed by atoms with Crippen LogP contribution in [0.5, 0.6) is 0 Å². The van der Waals surface area contributed by atoms with Crippen LogP contribution < -0.4 is 5.32 Å². The Bertz CT molecular complexity index is 1010. The highest BCUT2D eigenvalue weighted by Gasteiger charge is 2.31. The summed E-state index contributed by atoms with van der Waals surface area (Å²) in [5.74, 6) is -12.5. The van der Waals surface area contributed by atoms with Crippen LogP contribution in [0.15, 0.2) is 59.1 Å². The quantitative estimate of drug-likeness (QED) is 0.306. The largest absolute Gasteiger partial charge is 0.341 e. The Morgan fingerprint density at radius 1 is 0.750 bits per heavy atom. The Morgan fingerprint density at radius 2 is 1.25 bits per heavy atom. The van der Waals surface area contributed by atoms with Crippen LogP contribution in [-0.4, -0.2) is 5.91 Å². The van der Waals surface area contributed by atoms with E-state index in [9.17, 15) is 26.7 Å². The second-order valence-electron chi connectivity index (χ2n) is 5.78. The zero-order chi connectivity index (χ0) is 20.4. The third kappa shape index (κ3) is 3.64. The summed E-state index contributed by atoms with van der Waals surface area (Å²) in [6.45, 7) is 0. The van der Waals surface area contributed by atoms with E-state index >= 15 is 0 Å². The van der Waals surface area contributed by atoms with E-state index in [2.05, 4.69) is 21.2 Å². The number of hydrogen-bond acceptors (Lipinski definition) is 1. The lowest BCUT2D eigenvalue weighted by Gasteiger charge is -2.21. The average Bonchev–Trinajstić information content (AvgIpc) is 2.70. The van der Waals surface area contributed by atoms with E-state index < -0.39 is 46.6 Å². The molecular weight excluding hydrogens is 445 g/mol. The predicted octanol–water partition coefficient (Wildman–Crippen LogP) is 5.66. The smallest absolute Gasteiger partial charge is 0.258 e. The van der Waals surface area contributed by atoms with Crippen molar-refractivity contribution in [2.45, 2.75) is 6.04 Å². The normalized spacial score (nSPS) is 11.9. The molecule has 1 atom stereocenters. The molecule has 1 N–H and O–H groups in total. The fraction of sp³-hybridized carbons (Fsp3) is 0.0500. The summed E-state index contributed by atoms with van der Waals surface area (Å²) < 4.78 is 68.7. The molecule has 3 rings (SSSR count). The lowest BCUT2D eigenvalue weighted by Crippen LogP contribution is -2.32. The molecule has 0 fully saturated rings. The minimum absolute atomic E-state index is 0.533. The summed E-state index contributed by atoms with van der Waals surface area (Å²) in [6.07, 6.45) is 0. The summed E-state index contributed by atoms with van der Waals surface area (Å²) in [5, 5.41) is 2.36. The van der Waals surface area contributed by atoms with Crippen LogP contribution in [0, 0.1) is 29.1 Å². The van der Waals surface area contributed by atoms with Crippen molar-refractivity contribution >= 4 is 21.8 Å². The highest BCUT2D eigenvalue weighted by Crippen LogP contribution is 2.30. The second kappa shape index (κ2) is 8.10. The molecule has 0 saturated heterocycles. The van der Waals surface area contributed by atoms with E-state index in [1.54, 1.807) is 54.6 Å². The van der Waals surface area contributed by atoms with Crippen molar-refractivity contribution < 1.29 is 26.7 Å². The highest BCUT2D eigenvalue weighted by molar-refractivity contribution is 9.10. The number of carbonyl (C=O) groups is 1. The first-order valence-corrected chi connectivity index (χ1v) is 8.74. The first kappa shape index (κ1) is 20.0. The van der Waals surface area contributed by atoms with Gasteiger partial charge in [-0.1, -0.05) is 64.5 Å².